The molecule has 1 saturated heterocycles. The quantitative estimate of drug-likeness (QED) is 0.790. The highest BCUT2D eigenvalue weighted by atomic mass is 16.2. The van der Waals surface area contributed by atoms with E-state index >= 15 is 0 Å². The van der Waals surface area contributed by atoms with Gasteiger partial charge in [-0.05, 0) is 38.1 Å². The van der Waals surface area contributed by atoms with E-state index in [9.17, 15) is 14.4 Å². The molecule has 0 aliphatic carbocycles. The Bertz CT molecular complexity index is 648. The van der Waals surface area contributed by atoms with Gasteiger partial charge in [0.2, 0.25) is 5.91 Å². The molecule has 2 aliphatic heterocycles. The number of amides is 3. The average Bonchev–Trinajstić information content (AvgIpc) is 3.00. The van der Waals surface area contributed by atoms with Crippen LogP contribution in [0.3, 0.4) is 0 Å². The van der Waals surface area contributed by atoms with Gasteiger partial charge in [-0.1, -0.05) is 0 Å². The number of nitrogens with one attached hydrogen (secondary N) is 2. The fraction of sp³-hybridized carbons (Fsp3) is 0.400. The van der Waals surface area contributed by atoms with E-state index < -0.39 is 5.41 Å². The van der Waals surface area contributed by atoms with Crippen molar-refractivity contribution < 1.29 is 14.4 Å². The molecule has 0 radical (unpaired) electrons. The Labute approximate surface area is 122 Å². The molecule has 0 aromatic heterocycles. The molecule has 6 nitrogen and oxygen atoms in total. The maximum Gasteiger partial charge on any atom is 0.261 e. The van der Waals surface area contributed by atoms with E-state index in [1.807, 2.05) is 6.92 Å². The third kappa shape index (κ3) is 2.12. The zero-order chi connectivity index (χ0) is 15.2. The van der Waals surface area contributed by atoms with Crippen LogP contribution in [0.4, 0.5) is 5.69 Å². The average molecular weight is 287 g/mol. The second-order valence-electron chi connectivity index (χ2n) is 5.87. The van der Waals surface area contributed by atoms with Gasteiger partial charge in [-0.15, -0.1) is 0 Å². The summed E-state index contributed by atoms with van der Waals surface area (Å²) in [6.07, 6.45) is 0.782. The minimum absolute atomic E-state index is 0.0717. The van der Waals surface area contributed by atoms with Crippen molar-refractivity contribution in [1.82, 2.24) is 10.2 Å². The van der Waals surface area contributed by atoms with E-state index in [0.29, 0.717) is 23.4 Å². The summed E-state index contributed by atoms with van der Waals surface area (Å²) in [7, 11) is 1.45. The summed E-state index contributed by atoms with van der Waals surface area (Å²) in [6.45, 7) is 3.38. The third-order valence-corrected chi connectivity index (χ3v) is 4.26. The number of nitrogens with zero attached hydrogens (tertiary/aromatic N) is 1. The largest absolute Gasteiger partial charge is 0.326 e. The number of carbonyl (C=O) groups is 3. The number of anilines is 1. The zero-order valence-corrected chi connectivity index (χ0v) is 12.0. The summed E-state index contributed by atoms with van der Waals surface area (Å²) >= 11 is 0. The van der Waals surface area contributed by atoms with Gasteiger partial charge in [-0.3, -0.25) is 19.3 Å². The Hall–Kier alpha value is -2.21. The number of fused-ring (bicyclic) bond motifs is 1. The van der Waals surface area contributed by atoms with Gasteiger partial charge in [0, 0.05) is 19.3 Å². The number of hydrogen-bond donors (Lipinski definition) is 2. The molecule has 1 unspecified atom stereocenters. The molecule has 110 valence electrons. The molecule has 2 N–H and O–H groups in total. The first-order valence-electron chi connectivity index (χ1n) is 6.91. The third-order valence-electron chi connectivity index (χ3n) is 4.26. The van der Waals surface area contributed by atoms with Crippen molar-refractivity contribution in [1.29, 1.82) is 0 Å². The highest BCUT2D eigenvalue weighted by Crippen LogP contribution is 2.28. The van der Waals surface area contributed by atoms with Crippen molar-refractivity contribution in [2.75, 3.05) is 25.5 Å². The van der Waals surface area contributed by atoms with Crippen LogP contribution in [-0.2, 0) is 4.79 Å². The molecular formula is C15H17N3O3. The lowest BCUT2D eigenvalue weighted by Gasteiger charge is -2.21. The maximum atomic E-state index is 12.3. The molecule has 3 rings (SSSR count). The lowest BCUT2D eigenvalue weighted by molar-refractivity contribution is -0.123. The molecule has 1 fully saturated rings. The number of carbonyl (C=O) groups excluding carboxylic acids is 3. The second-order valence-corrected chi connectivity index (χ2v) is 5.87. The molecule has 0 bridgehead atoms. The molecular weight excluding hydrogens is 270 g/mol. The summed E-state index contributed by atoms with van der Waals surface area (Å²) in [5.41, 5.74) is 0.836. The van der Waals surface area contributed by atoms with Gasteiger partial charge in [0.1, 0.15) is 0 Å². The summed E-state index contributed by atoms with van der Waals surface area (Å²) in [6, 6.07) is 4.82. The van der Waals surface area contributed by atoms with Crippen molar-refractivity contribution >= 4 is 23.4 Å². The summed E-state index contributed by atoms with van der Waals surface area (Å²) < 4.78 is 0. The Morgan fingerprint density at radius 1 is 1.29 bits per heavy atom. The van der Waals surface area contributed by atoms with Gasteiger partial charge >= 0.3 is 0 Å². The van der Waals surface area contributed by atoms with Crippen LogP contribution in [0.2, 0.25) is 0 Å². The van der Waals surface area contributed by atoms with E-state index in [2.05, 4.69) is 10.6 Å². The highest BCUT2D eigenvalue weighted by molar-refractivity contribution is 6.21. The van der Waals surface area contributed by atoms with Gasteiger partial charge in [-0.25, -0.2) is 0 Å². The lowest BCUT2D eigenvalue weighted by atomic mass is 9.88. The predicted octanol–water partition coefficient (Wildman–Crippen LogP) is 0.850. The molecule has 1 atom stereocenters. The van der Waals surface area contributed by atoms with Gasteiger partial charge in [0.15, 0.2) is 0 Å². The highest BCUT2D eigenvalue weighted by Gasteiger charge is 2.37. The van der Waals surface area contributed by atoms with E-state index in [-0.39, 0.29) is 17.7 Å². The van der Waals surface area contributed by atoms with Gasteiger partial charge < -0.3 is 10.6 Å². The Kier molecular flexibility index (Phi) is 3.06. The first-order chi connectivity index (χ1) is 9.92. The Morgan fingerprint density at radius 3 is 2.67 bits per heavy atom. The standard InChI is InChI=1S/C15H17N3O3/c1-15(5-6-16-8-15)14(21)17-9-3-4-10-11(7-9)13(20)18(2)12(10)19/h3-4,7,16H,5-6,8H2,1-2H3,(H,17,21). The van der Waals surface area contributed by atoms with Crippen LogP contribution in [0.25, 0.3) is 0 Å². The van der Waals surface area contributed by atoms with Crippen LogP contribution in [0.1, 0.15) is 34.1 Å². The van der Waals surface area contributed by atoms with Gasteiger partial charge in [0.25, 0.3) is 11.8 Å². The van der Waals surface area contributed by atoms with Crippen molar-refractivity contribution in [3.05, 3.63) is 29.3 Å². The van der Waals surface area contributed by atoms with Crippen molar-refractivity contribution in [2.45, 2.75) is 13.3 Å². The van der Waals surface area contributed by atoms with Gasteiger partial charge in [0.05, 0.1) is 16.5 Å². The topological polar surface area (TPSA) is 78.5 Å². The Balaban J connectivity index is 1.84. The van der Waals surface area contributed by atoms with E-state index in [1.165, 1.54) is 7.05 Å². The molecule has 1 aromatic carbocycles. The molecule has 1 aromatic rings. The van der Waals surface area contributed by atoms with Crippen LogP contribution >= 0.6 is 0 Å². The molecule has 21 heavy (non-hydrogen) atoms. The minimum atomic E-state index is -0.435. The molecule has 2 heterocycles. The maximum absolute atomic E-state index is 12.3. The normalized spacial score (nSPS) is 24.4. The van der Waals surface area contributed by atoms with Crippen LogP contribution in [0.15, 0.2) is 18.2 Å². The van der Waals surface area contributed by atoms with Crippen molar-refractivity contribution in [3.63, 3.8) is 0 Å². The number of rotatable bonds is 2. The van der Waals surface area contributed by atoms with Crippen LogP contribution in [0.5, 0.6) is 0 Å². The second kappa shape index (κ2) is 4.66. The fourth-order valence-electron chi connectivity index (χ4n) is 2.73. The minimum Gasteiger partial charge on any atom is -0.326 e. The number of hydrogen-bond acceptors (Lipinski definition) is 4. The van der Waals surface area contributed by atoms with E-state index in [1.54, 1.807) is 18.2 Å². The monoisotopic (exact) mass is 287 g/mol. The number of benzene rings is 1. The van der Waals surface area contributed by atoms with Crippen LogP contribution < -0.4 is 10.6 Å². The SMILES string of the molecule is CN1C(=O)c2ccc(NC(=O)C3(C)CCNC3)cc2C1=O. The van der Waals surface area contributed by atoms with E-state index in [0.717, 1.165) is 17.9 Å². The molecule has 6 heteroatoms. The van der Waals surface area contributed by atoms with Gasteiger partial charge in [-0.2, -0.15) is 0 Å². The first-order valence-corrected chi connectivity index (χ1v) is 6.91. The Morgan fingerprint density at radius 2 is 2.00 bits per heavy atom. The molecule has 2 aliphatic rings. The smallest absolute Gasteiger partial charge is 0.261 e. The van der Waals surface area contributed by atoms with Crippen LogP contribution in [0, 0.1) is 5.41 Å². The van der Waals surface area contributed by atoms with Crippen molar-refractivity contribution in [3.8, 4) is 0 Å². The van der Waals surface area contributed by atoms with E-state index in [4.69, 9.17) is 0 Å². The summed E-state index contributed by atoms with van der Waals surface area (Å²) in [5, 5.41) is 6.02. The molecule has 3 amide bonds. The summed E-state index contributed by atoms with van der Waals surface area (Å²) in [4.78, 5) is 37.2. The van der Waals surface area contributed by atoms with Crippen molar-refractivity contribution in [2.24, 2.45) is 5.41 Å². The lowest BCUT2D eigenvalue weighted by Crippen LogP contribution is -2.35. The predicted molar refractivity (Wildman–Crippen MR) is 77.1 cm³/mol. The first kappa shape index (κ1) is 13.8. The fourth-order valence-corrected chi connectivity index (χ4v) is 2.73. The number of imide groups is 1. The molecule has 0 spiro atoms. The van der Waals surface area contributed by atoms with Crippen LogP contribution in [-0.4, -0.2) is 42.8 Å². The molecule has 0 saturated carbocycles. The zero-order valence-electron chi connectivity index (χ0n) is 12.0. The summed E-state index contributed by atoms with van der Waals surface area (Å²) in [5.74, 6) is -0.711.